The molecular weight excluding hydrogens is 665 g/mol. The predicted octanol–water partition coefficient (Wildman–Crippen LogP) is 12.1. The van der Waals surface area contributed by atoms with Crippen molar-refractivity contribution in [1.82, 2.24) is 19.9 Å². The van der Waals surface area contributed by atoms with Crippen LogP contribution in [0.5, 0.6) is 11.8 Å². The van der Waals surface area contributed by atoms with Gasteiger partial charge in [0, 0.05) is 22.2 Å². The molecule has 266 valence electrons. The number of aromatic nitrogens is 4. The van der Waals surface area contributed by atoms with Crippen molar-refractivity contribution in [1.29, 1.82) is 0 Å². The van der Waals surface area contributed by atoms with Crippen LogP contribution in [0.3, 0.4) is 0 Å². The van der Waals surface area contributed by atoms with Crippen LogP contribution < -0.4 is 9.47 Å². The van der Waals surface area contributed by atoms with E-state index in [1.54, 1.807) is 0 Å². The molecular formula is C48H42N4O2. The van der Waals surface area contributed by atoms with Crippen molar-refractivity contribution in [3.63, 3.8) is 0 Å². The van der Waals surface area contributed by atoms with Crippen molar-refractivity contribution in [2.75, 3.05) is 0 Å². The standard InChI is InChI=1S/C48H42N4O2/c1-30(2)48(31(3)4)45-42(33-19-11-6-12-20-33)37-26-25-36(49-37)41(32-17-9-5-10-18-32)40-29-53-46(51-40)43(34-21-13-7-14-22-34)38-27-28-39(50-38)44(47(52-45)54-48)35-23-15-8-16-24-35/h5-28,30-31,49-50H,29H2,1-4H3. The summed E-state index contributed by atoms with van der Waals surface area (Å²) in [6, 6.07) is 50.3. The summed E-state index contributed by atoms with van der Waals surface area (Å²) in [7, 11) is 0. The van der Waals surface area contributed by atoms with Gasteiger partial charge in [0.1, 0.15) is 6.61 Å². The lowest BCUT2D eigenvalue weighted by Gasteiger charge is -2.37. The van der Waals surface area contributed by atoms with Crippen LogP contribution in [0.15, 0.2) is 146 Å². The van der Waals surface area contributed by atoms with Crippen LogP contribution in [0.1, 0.15) is 39.1 Å². The van der Waals surface area contributed by atoms with Crippen LogP contribution in [-0.4, -0.2) is 19.9 Å². The minimum absolute atomic E-state index is 0.0864. The fraction of sp³-hybridized carbons (Fsp3) is 0.167. The maximum Gasteiger partial charge on any atom is 0.224 e. The SMILES string of the molecule is CC(C)C1(C(C)C)Oc2nc1c(-c1ccccc1)c1ccc([nH]1)c(-c1ccccc1)c1nc(c(-c3ccccc3)c3ccc([nH]3)c2-c2ccccc2)OC1. The van der Waals surface area contributed by atoms with E-state index in [-0.39, 0.29) is 11.8 Å². The van der Waals surface area contributed by atoms with Crippen LogP contribution in [0, 0.1) is 11.8 Å². The number of benzene rings is 4. The lowest BCUT2D eigenvalue weighted by molar-refractivity contribution is -0.0138. The third-order valence-electron chi connectivity index (χ3n) is 10.8. The van der Waals surface area contributed by atoms with Gasteiger partial charge >= 0.3 is 0 Å². The number of ether oxygens (including phenoxy) is 2. The highest BCUT2D eigenvalue weighted by Crippen LogP contribution is 2.51. The lowest BCUT2D eigenvalue weighted by Crippen LogP contribution is -2.41. The lowest BCUT2D eigenvalue weighted by atomic mass is 9.75. The van der Waals surface area contributed by atoms with E-state index >= 15 is 0 Å². The van der Waals surface area contributed by atoms with Gasteiger partial charge in [-0.05, 0) is 58.4 Å². The van der Waals surface area contributed by atoms with Crippen LogP contribution in [0.2, 0.25) is 0 Å². The molecule has 6 heteroatoms. The highest BCUT2D eigenvalue weighted by molar-refractivity contribution is 5.93. The Morgan fingerprint density at radius 3 is 1.31 bits per heavy atom. The van der Waals surface area contributed by atoms with Crippen molar-refractivity contribution in [3.05, 3.63) is 157 Å². The predicted molar refractivity (Wildman–Crippen MR) is 219 cm³/mol. The fourth-order valence-electron chi connectivity index (χ4n) is 8.29. The van der Waals surface area contributed by atoms with E-state index in [0.29, 0.717) is 18.4 Å². The molecule has 2 aliphatic heterocycles. The van der Waals surface area contributed by atoms with Gasteiger partial charge in [-0.2, -0.15) is 0 Å². The van der Waals surface area contributed by atoms with E-state index in [1.807, 2.05) is 30.3 Å². The number of hydrogen-bond acceptors (Lipinski definition) is 4. The van der Waals surface area contributed by atoms with E-state index in [0.717, 1.165) is 78.0 Å². The van der Waals surface area contributed by atoms with Crippen LogP contribution in [-0.2, 0) is 12.2 Å². The Bertz CT molecular complexity index is 2620. The molecule has 54 heavy (non-hydrogen) atoms. The Kier molecular flexibility index (Phi) is 8.38. The highest BCUT2D eigenvalue weighted by Gasteiger charge is 2.49. The molecule has 2 N–H and O–H groups in total. The monoisotopic (exact) mass is 706 g/mol. The number of nitrogens with zero attached hydrogens (tertiary/aromatic N) is 2. The molecule has 0 fully saturated rings. The molecule has 7 aromatic rings. The van der Waals surface area contributed by atoms with Crippen molar-refractivity contribution >= 4 is 22.1 Å². The summed E-state index contributed by atoms with van der Waals surface area (Å²) in [6.07, 6.45) is 0. The Labute approximate surface area is 315 Å². The first-order valence-electron chi connectivity index (χ1n) is 18.7. The number of hydrogen-bond donors (Lipinski definition) is 2. The van der Waals surface area contributed by atoms with Gasteiger partial charge in [-0.25, -0.2) is 9.97 Å². The first-order valence-corrected chi connectivity index (χ1v) is 18.7. The van der Waals surface area contributed by atoms with Gasteiger partial charge in [0.15, 0.2) is 5.60 Å². The number of aromatic amines is 2. The second kappa shape index (κ2) is 13.5. The van der Waals surface area contributed by atoms with E-state index in [9.17, 15) is 0 Å². The van der Waals surface area contributed by atoms with E-state index in [2.05, 4.69) is 153 Å². The number of fused-ring (bicyclic) bond motifs is 8. The first kappa shape index (κ1) is 33.4. The second-order valence-corrected chi connectivity index (χ2v) is 14.7. The first-order chi connectivity index (χ1) is 26.4. The third-order valence-corrected chi connectivity index (χ3v) is 10.8. The summed E-state index contributed by atoms with van der Waals surface area (Å²) in [5.41, 5.74) is 12.6. The van der Waals surface area contributed by atoms with Gasteiger partial charge in [0.05, 0.1) is 33.5 Å². The van der Waals surface area contributed by atoms with Crippen LogP contribution in [0.25, 0.3) is 66.6 Å². The molecule has 3 aromatic heterocycles. The zero-order valence-corrected chi connectivity index (χ0v) is 30.9. The molecule has 0 aliphatic carbocycles. The highest BCUT2D eigenvalue weighted by atomic mass is 16.5. The molecule has 0 amide bonds. The summed E-state index contributed by atoms with van der Waals surface area (Å²) in [5, 5.41) is 0. The smallest absolute Gasteiger partial charge is 0.224 e. The quantitative estimate of drug-likeness (QED) is 0.180. The minimum Gasteiger partial charge on any atom is -0.471 e. The molecule has 0 atom stereocenters. The van der Waals surface area contributed by atoms with E-state index < -0.39 is 5.60 Å². The second-order valence-electron chi connectivity index (χ2n) is 14.7. The Balaban J connectivity index is 1.53. The van der Waals surface area contributed by atoms with Crippen LogP contribution in [0.4, 0.5) is 0 Å². The Hall–Kier alpha value is -6.40. The molecule has 6 nitrogen and oxygen atoms in total. The Morgan fingerprint density at radius 2 is 0.852 bits per heavy atom. The van der Waals surface area contributed by atoms with Crippen LogP contribution >= 0.6 is 0 Å². The molecule has 5 heterocycles. The zero-order chi connectivity index (χ0) is 36.8. The van der Waals surface area contributed by atoms with E-state index in [4.69, 9.17) is 19.4 Å². The molecule has 0 saturated heterocycles. The summed E-state index contributed by atoms with van der Waals surface area (Å²) >= 11 is 0. The topological polar surface area (TPSA) is 75.8 Å². The molecule has 0 saturated carbocycles. The maximum absolute atomic E-state index is 7.40. The van der Waals surface area contributed by atoms with Crippen molar-refractivity contribution in [2.45, 2.75) is 39.9 Å². The number of rotatable bonds is 6. The van der Waals surface area contributed by atoms with Gasteiger partial charge in [0.2, 0.25) is 11.8 Å². The van der Waals surface area contributed by atoms with Gasteiger partial charge < -0.3 is 19.4 Å². The maximum atomic E-state index is 7.40. The summed E-state index contributed by atoms with van der Waals surface area (Å²) in [4.78, 5) is 18.6. The average Bonchev–Trinajstić information content (AvgIpc) is 4.03. The van der Waals surface area contributed by atoms with Gasteiger partial charge in [-0.15, -0.1) is 0 Å². The van der Waals surface area contributed by atoms with Crippen molar-refractivity contribution in [2.24, 2.45) is 11.8 Å². The van der Waals surface area contributed by atoms with Gasteiger partial charge in [-0.3, -0.25) is 0 Å². The molecule has 8 bridgehead atoms. The number of H-pyrrole nitrogens is 2. The molecule has 4 aromatic carbocycles. The van der Waals surface area contributed by atoms with E-state index in [1.165, 1.54) is 0 Å². The third kappa shape index (κ3) is 5.57. The summed E-state index contributed by atoms with van der Waals surface area (Å²) in [6.45, 7) is 9.30. The minimum atomic E-state index is -0.741. The largest absolute Gasteiger partial charge is 0.471 e. The average molecular weight is 707 g/mol. The molecule has 9 rings (SSSR count). The summed E-state index contributed by atoms with van der Waals surface area (Å²) < 4.78 is 14.0. The molecule has 0 radical (unpaired) electrons. The molecule has 2 aliphatic rings. The number of nitrogens with one attached hydrogen (secondary N) is 2. The van der Waals surface area contributed by atoms with Gasteiger partial charge in [-0.1, -0.05) is 149 Å². The Morgan fingerprint density at radius 1 is 0.463 bits per heavy atom. The fourth-order valence-corrected chi connectivity index (χ4v) is 8.29. The normalized spacial score (nSPS) is 13.5. The summed E-state index contributed by atoms with van der Waals surface area (Å²) in [5.74, 6) is 1.33. The molecule has 0 unspecified atom stereocenters. The zero-order valence-electron chi connectivity index (χ0n) is 30.9. The van der Waals surface area contributed by atoms with Crippen molar-refractivity contribution in [3.8, 4) is 56.3 Å². The van der Waals surface area contributed by atoms with Crippen molar-refractivity contribution < 1.29 is 9.47 Å². The molecule has 0 spiro atoms. The van der Waals surface area contributed by atoms with Gasteiger partial charge in [0.25, 0.3) is 0 Å².